The third-order valence-electron chi connectivity index (χ3n) is 19.5. The van der Waals surface area contributed by atoms with Gasteiger partial charge in [-0.05, 0) is 91.7 Å². The number of oxime groups is 3. The van der Waals surface area contributed by atoms with Crippen molar-refractivity contribution in [3.05, 3.63) is 109 Å². The molecule has 10 heterocycles. The number of piperidine rings is 1. The monoisotopic (exact) mass is 2120 g/mol. The number of anilines is 4. The number of hydrogen-bond donors (Lipinski definition) is 15. The van der Waals surface area contributed by atoms with Gasteiger partial charge >= 0.3 is 55.0 Å². The zero-order valence-electron chi connectivity index (χ0n) is 71.7. The summed E-state index contributed by atoms with van der Waals surface area (Å²) < 4.78 is 150. The number of aliphatic carboxylic acids is 3. The fraction of sp³-hybridized carbons (Fsp3) is 0.400. The van der Waals surface area contributed by atoms with Crippen LogP contribution in [0, 0.1) is 23.7 Å². The lowest BCUT2D eigenvalue weighted by molar-refractivity contribution is -0.229. The number of ether oxygens (including phenoxy) is 3. The molecule has 138 heavy (non-hydrogen) atoms. The Labute approximate surface area is 800 Å². The van der Waals surface area contributed by atoms with Gasteiger partial charge in [0, 0.05) is 58.8 Å². The molecule has 0 aliphatic carbocycles. The number of nitrogens with one attached hydrogen (secondary N) is 1. The van der Waals surface area contributed by atoms with Crippen LogP contribution in [0.5, 0.6) is 11.5 Å². The van der Waals surface area contributed by atoms with Gasteiger partial charge in [-0.15, -0.1) is 53.9 Å². The molecule has 5 atom stereocenters. The second-order valence-electron chi connectivity index (χ2n) is 30.2. The first-order valence-electron chi connectivity index (χ1n) is 38.2. The molecule has 5 saturated heterocycles. The highest BCUT2D eigenvalue weighted by molar-refractivity contribution is 7.85. The summed E-state index contributed by atoms with van der Waals surface area (Å²) in [6, 6.07) is 6.30. The molecule has 0 unspecified atom stereocenters. The number of nitrogens with two attached hydrogens (primary N) is 6. The van der Waals surface area contributed by atoms with Gasteiger partial charge in [0.1, 0.15) is 53.5 Å². The number of carbonyl (C=O) groups is 13. The second kappa shape index (κ2) is 45.6. The van der Waals surface area contributed by atoms with E-state index in [9.17, 15) is 121 Å². The summed E-state index contributed by atoms with van der Waals surface area (Å²) in [4.78, 5) is 203. The van der Waals surface area contributed by atoms with Crippen LogP contribution in [-0.4, -0.2) is 288 Å². The van der Waals surface area contributed by atoms with Crippen LogP contribution in [0.1, 0.15) is 114 Å². The summed E-state index contributed by atoms with van der Waals surface area (Å²) in [5.74, 6) is -17.8. The maximum atomic E-state index is 13.4. The number of benzene rings is 1. The Morgan fingerprint density at radius 1 is 0.645 bits per heavy atom. The third kappa shape index (κ3) is 29.0. The van der Waals surface area contributed by atoms with Crippen molar-refractivity contribution in [2.24, 2.45) is 55.6 Å². The summed E-state index contributed by atoms with van der Waals surface area (Å²) in [5, 5.41) is 67.1. The lowest BCUT2D eigenvalue weighted by atomic mass is 9.74. The number of amides is 6. The van der Waals surface area contributed by atoms with E-state index in [1.807, 2.05) is 0 Å². The van der Waals surface area contributed by atoms with E-state index in [-0.39, 0.29) is 88.4 Å². The molecule has 68 heteroatoms. The number of β-lactam (4-membered cyclic amide) rings is 5. The molecule has 0 bridgehead atoms. The Morgan fingerprint density at radius 3 is 1.56 bits per heavy atom. The van der Waals surface area contributed by atoms with E-state index in [4.69, 9.17) is 77.4 Å². The third-order valence-corrected chi connectivity index (χ3v) is 24.6. The SMILES string of the molecule is CC(C)(O/N=C(\C(=O)CC1C(=O)N(S(=O)(=O)O)C1=O)c1csc(N)n1)C(=O)O.CC1(C)[C@H](CC(=O)/C(=C\O[C@@H](COc2ccc(C(N)=NC3CCNCC3)cc2)C(=O)O)c2csc(N)n2)C(=O)N1OS(=O)(=O)O.CC1(C)[C@H](CC(=O)/C(=N\OCc2cc(=O)c(O)cn2O)c2csc(N)n2)C(=O)N1OS(=O)(=O)[O-].NC(=O)OC[C@@H]1[C@H](CC(=O)/C(=N\OCC(=O)O)c2csc(N)n2)C(=O)N1S(=O)(=O)O.S. The molecule has 752 valence electrons. The lowest BCUT2D eigenvalue weighted by Crippen LogP contribution is -2.68. The van der Waals surface area contributed by atoms with Gasteiger partial charge in [-0.3, -0.25) is 66.6 Å². The van der Waals surface area contributed by atoms with Crippen LogP contribution in [0.2, 0.25) is 0 Å². The quantitative estimate of drug-likeness (QED) is 0.00184. The van der Waals surface area contributed by atoms with Crippen LogP contribution in [0.25, 0.3) is 5.57 Å². The van der Waals surface area contributed by atoms with Gasteiger partial charge < -0.3 is 98.6 Å². The molecule has 6 aromatic rings. The highest BCUT2D eigenvalue weighted by Crippen LogP contribution is 2.43. The molecule has 59 nitrogen and oxygen atoms in total. The first-order valence-corrected chi connectivity index (χ1v) is 47.2. The van der Waals surface area contributed by atoms with Gasteiger partial charge in [0.25, 0.3) is 23.6 Å². The van der Waals surface area contributed by atoms with E-state index >= 15 is 0 Å². The molecule has 5 fully saturated rings. The number of rotatable bonds is 41. The number of pyridine rings is 1. The summed E-state index contributed by atoms with van der Waals surface area (Å²) in [5.41, 5.74) is 27.2. The Kier molecular flexibility index (Phi) is 36.9. The first-order chi connectivity index (χ1) is 63.5. The van der Waals surface area contributed by atoms with Crippen molar-refractivity contribution >= 4 is 226 Å². The number of hydroxylamine groups is 4. The van der Waals surface area contributed by atoms with Crippen molar-refractivity contribution in [2.75, 3.05) is 55.8 Å². The maximum absolute atomic E-state index is 13.4. The molecule has 5 aromatic heterocycles. The number of Topliss-reactive ketones (excluding diaryl/α,β-unsaturated/α-hetero) is 4. The van der Waals surface area contributed by atoms with Crippen LogP contribution in [0.15, 0.2) is 89.6 Å². The molecule has 11 rings (SSSR count). The average molecular weight is 2120 g/mol. The number of hydrogen-bond acceptors (Lipinski definition) is 50. The van der Waals surface area contributed by atoms with Crippen molar-refractivity contribution in [1.29, 1.82) is 0 Å². The lowest BCUT2D eigenvalue weighted by Gasteiger charge is -2.51. The molecule has 5 aliphatic heterocycles. The zero-order chi connectivity index (χ0) is 102. The molecule has 0 spiro atoms. The van der Waals surface area contributed by atoms with Gasteiger partial charge in [-0.1, -0.05) is 15.5 Å². The predicted molar refractivity (Wildman–Crippen MR) is 475 cm³/mol. The smallest absolute Gasteiger partial charge is 0.418 e. The number of imide groups is 1. The Bertz CT molecular complexity index is 6410. The standard InChI is InChI=1S/C27H34N6O10S2.C17H19N5O10S2.C13H15N5O10S2.C13H14N4O9S2.H2S/c1-27(2)19(24(35)33(27)43-45(38,39)40)11-21(34)18(20-14-44-26(29)32-20)12-42-22(25(36)37)13-41-17-5-3-15(4-6-17)23(28)31-16-7-9-30-10-8-16;1-17(2)9(15(26)22(17)32-34(28,29)30)4-12(24)14(10-7-33-16(18)19-10)20-31-6-8-3-11(23)13(25)5-21(8)27;14-12-16-6(4-29-12)10(17-28-3-9(20)21)8(19)1-5-7(2-27-13(15)23)18(11(5)22)30(24,25)26;1-13(2,11(21)22)26-16-8(6-4-27-12(14)15-6)7(18)3-5-9(19)17(10(5)20)28(23,24)25;/h3-6,12,14,16,19,22,30H,7-11,13H2,1-2H3,(H2,28,31)(H2,29,32)(H,36,37)(H,38,39,40);3,5,7,9,25,27H,4,6H2,1-2H3,(H2,18,19)(H,28,29,30);4-5,7H,1-3H2,(H2,14,16)(H2,15,23)(H,20,21)(H,24,25,26);4-5H,3H2,1-2H3,(H2,14,15)(H,21,22)(H,23,24,25);1H2/p-1/b18-12-;20-14-;17-10-;16-8-;/t19-,22+;9-;5-,7+;;/m110../s1. The Hall–Kier alpha value is -13.5. The molecule has 0 saturated carbocycles. The number of aliphatic imine (C=N–C) groups is 1. The average Bonchev–Trinajstić information content (AvgIpc) is 0.824. The summed E-state index contributed by atoms with van der Waals surface area (Å²) in [6.07, 6.45) is -1.69. The number of primary amides is 1. The van der Waals surface area contributed by atoms with Crippen molar-refractivity contribution in [3.8, 4) is 11.5 Å². The Morgan fingerprint density at radius 2 is 1.12 bits per heavy atom. The van der Waals surface area contributed by atoms with E-state index in [0.717, 1.165) is 89.8 Å². The topological polar surface area (TPSA) is 921 Å². The van der Waals surface area contributed by atoms with Crippen molar-refractivity contribution in [1.82, 2.24) is 48.7 Å². The summed E-state index contributed by atoms with van der Waals surface area (Å²) >= 11 is 3.91. The number of ketones is 4. The number of amidine groups is 1. The highest BCUT2D eigenvalue weighted by Gasteiger charge is 2.60. The maximum Gasteiger partial charge on any atom is 0.418 e. The summed E-state index contributed by atoms with van der Waals surface area (Å²) in [7, 11) is -20.2. The van der Waals surface area contributed by atoms with Crippen LogP contribution < -0.4 is 49.9 Å². The zero-order valence-corrected chi connectivity index (χ0v) is 79.2. The first kappa shape index (κ1) is 111. The Balaban J connectivity index is 0.000000254. The number of nitrogen functional groups attached to an aromatic ring is 4. The van der Waals surface area contributed by atoms with Gasteiger partial charge in [-0.25, -0.2) is 51.8 Å². The number of aromatic nitrogens is 5. The minimum Gasteiger partial charge on any atom is -0.724 e. The number of aromatic hydroxyl groups is 1. The van der Waals surface area contributed by atoms with E-state index < -0.39 is 245 Å². The van der Waals surface area contributed by atoms with E-state index in [0.29, 0.717) is 32.0 Å². The van der Waals surface area contributed by atoms with E-state index in [1.54, 1.807) is 24.3 Å². The minimum absolute atomic E-state index is 0. The van der Waals surface area contributed by atoms with Crippen LogP contribution >= 0.6 is 58.8 Å². The molecule has 5 aliphatic rings. The molecule has 6 amide bonds. The van der Waals surface area contributed by atoms with Crippen LogP contribution in [0.4, 0.5) is 25.3 Å². The predicted octanol–water partition coefficient (Wildman–Crippen LogP) is -2.27. The van der Waals surface area contributed by atoms with Gasteiger partial charge in [-0.2, -0.15) is 57.9 Å². The molecule has 0 radical (unpaired) electrons. The number of thiazole rings is 4. The second-order valence-corrected chi connectivity index (χ2v) is 38.3. The normalized spacial score (nSPS) is 18.4. The van der Waals surface area contributed by atoms with Crippen LogP contribution in [-0.2, 0) is 138 Å². The molecular weight excluding hydrogens is 2030 g/mol. The summed E-state index contributed by atoms with van der Waals surface area (Å²) in [6.45, 7) is 7.30. The number of carboxylic acids is 3. The van der Waals surface area contributed by atoms with E-state index in [1.165, 1.54) is 63.1 Å². The molecule has 1 aromatic carbocycles. The largest absolute Gasteiger partial charge is 0.724 e. The molecule has 21 N–H and O–H groups in total. The molecular formula is C70H83N20O39S9-. The fourth-order valence-electron chi connectivity index (χ4n) is 12.3. The number of allylic oxidation sites excluding steroid dienone is 1. The van der Waals surface area contributed by atoms with Gasteiger partial charge in [0.15, 0.2) is 73.2 Å². The van der Waals surface area contributed by atoms with Crippen LogP contribution in [0.3, 0.4) is 0 Å². The minimum atomic E-state index is -5.20. The van der Waals surface area contributed by atoms with Crippen molar-refractivity contribution in [3.63, 3.8) is 0 Å². The van der Waals surface area contributed by atoms with Crippen molar-refractivity contribution < 1.29 is 177 Å². The number of carboxylic acid groups (broad SMARTS) is 3. The van der Waals surface area contributed by atoms with E-state index in [2.05, 4.69) is 63.9 Å². The highest BCUT2D eigenvalue weighted by atomic mass is 32.3. The van der Waals surface area contributed by atoms with Gasteiger partial charge in [0.05, 0.1) is 64.6 Å². The van der Waals surface area contributed by atoms with Gasteiger partial charge in [0.2, 0.25) is 40.0 Å². The fourth-order valence-corrected chi connectivity index (χ4v) is 17.1. The number of nitrogens with zero attached hydrogens (tertiary/aromatic N) is 13. The van der Waals surface area contributed by atoms with Crippen molar-refractivity contribution in [2.45, 2.75) is 122 Å². The number of carbonyl (C=O) groups excluding carboxylic acids is 10.